The number of methoxy groups -OCH3 is 1. The molecule has 1 saturated heterocycles. The van der Waals surface area contributed by atoms with Crippen LogP contribution in [-0.2, 0) is 0 Å². The molecule has 1 fully saturated rings. The zero-order valence-corrected chi connectivity index (χ0v) is 20.6. The maximum absolute atomic E-state index is 12.6. The molecule has 0 radical (unpaired) electrons. The van der Waals surface area contributed by atoms with Gasteiger partial charge in [0.1, 0.15) is 5.75 Å². The summed E-state index contributed by atoms with van der Waals surface area (Å²) in [6.07, 6.45) is 3.70. The van der Waals surface area contributed by atoms with Crippen LogP contribution in [0.3, 0.4) is 0 Å². The van der Waals surface area contributed by atoms with Gasteiger partial charge in [-0.1, -0.05) is 23.7 Å². The van der Waals surface area contributed by atoms with E-state index in [4.69, 9.17) is 22.1 Å². The number of nitrogen functional groups attached to an aromatic ring is 1. The van der Waals surface area contributed by atoms with E-state index in [1.54, 1.807) is 30.3 Å². The molecule has 0 atom stereocenters. The van der Waals surface area contributed by atoms with Crippen LogP contribution in [0.1, 0.15) is 56.8 Å². The largest absolute Gasteiger partial charge is 0.496 e. The normalized spacial score (nSPS) is 16.5. The van der Waals surface area contributed by atoms with Gasteiger partial charge in [0.05, 0.1) is 34.5 Å². The summed E-state index contributed by atoms with van der Waals surface area (Å²) in [6, 6.07) is 10.1. The number of piperidine rings is 1. The standard InChI is InChI=1S/C26H31ClN4O4/c1-35-23-15-22(28)21(27)14-20(23)24(32)29-16-17-8-12-30(13-9-17)10-4-5-11-31-25(33)18-6-2-3-7-19(18)26(31)34/h2-3,6-7,14-15,17H,4-5,8-13,16,28H2,1H3,(H,29,32). The zero-order valence-electron chi connectivity index (χ0n) is 19.9. The number of nitrogens with two attached hydrogens (primary N) is 1. The van der Waals surface area contributed by atoms with Crippen molar-refractivity contribution in [2.24, 2.45) is 5.92 Å². The molecule has 0 spiro atoms. The number of halogens is 1. The van der Waals surface area contributed by atoms with E-state index in [2.05, 4.69) is 10.2 Å². The summed E-state index contributed by atoms with van der Waals surface area (Å²) in [5.74, 6) is 0.211. The Morgan fingerprint density at radius 3 is 2.34 bits per heavy atom. The molecule has 0 saturated carbocycles. The first-order chi connectivity index (χ1) is 16.9. The number of carbonyl (C=O) groups excluding carboxylic acids is 3. The van der Waals surface area contributed by atoms with Crippen molar-refractivity contribution >= 4 is 35.0 Å². The first-order valence-corrected chi connectivity index (χ1v) is 12.4. The van der Waals surface area contributed by atoms with Gasteiger partial charge < -0.3 is 20.7 Å². The van der Waals surface area contributed by atoms with Crippen molar-refractivity contribution in [3.8, 4) is 5.75 Å². The molecule has 2 heterocycles. The lowest BCUT2D eigenvalue weighted by molar-refractivity contribution is 0.0649. The number of likely N-dealkylation sites (tertiary alicyclic amines) is 1. The number of ether oxygens (including phenoxy) is 1. The number of amides is 3. The van der Waals surface area contributed by atoms with Crippen molar-refractivity contribution in [1.29, 1.82) is 0 Å². The van der Waals surface area contributed by atoms with Gasteiger partial charge in [-0.2, -0.15) is 0 Å². The van der Waals surface area contributed by atoms with Crippen molar-refractivity contribution in [1.82, 2.24) is 15.1 Å². The Hall–Kier alpha value is -3.10. The summed E-state index contributed by atoms with van der Waals surface area (Å²) in [7, 11) is 1.50. The Labute approximate surface area is 210 Å². The number of imide groups is 1. The van der Waals surface area contributed by atoms with Crippen molar-refractivity contribution in [3.05, 3.63) is 58.1 Å². The molecular weight excluding hydrogens is 468 g/mol. The third kappa shape index (κ3) is 5.60. The molecule has 186 valence electrons. The second-order valence-electron chi connectivity index (χ2n) is 9.08. The number of benzene rings is 2. The van der Waals surface area contributed by atoms with Crippen LogP contribution >= 0.6 is 11.6 Å². The van der Waals surface area contributed by atoms with E-state index in [-0.39, 0.29) is 17.7 Å². The highest BCUT2D eigenvalue weighted by Crippen LogP contribution is 2.29. The molecule has 2 aliphatic heterocycles. The summed E-state index contributed by atoms with van der Waals surface area (Å²) < 4.78 is 5.27. The smallest absolute Gasteiger partial charge is 0.261 e. The van der Waals surface area contributed by atoms with E-state index in [0.29, 0.717) is 52.2 Å². The van der Waals surface area contributed by atoms with E-state index >= 15 is 0 Å². The molecule has 0 unspecified atom stereocenters. The molecule has 3 N–H and O–H groups in total. The molecule has 2 aliphatic rings. The van der Waals surface area contributed by atoms with Crippen LogP contribution in [0.25, 0.3) is 0 Å². The van der Waals surface area contributed by atoms with Gasteiger partial charge in [0.25, 0.3) is 17.7 Å². The van der Waals surface area contributed by atoms with Crippen LogP contribution < -0.4 is 15.8 Å². The second kappa shape index (κ2) is 11.1. The minimum Gasteiger partial charge on any atom is -0.496 e. The predicted molar refractivity (Wildman–Crippen MR) is 135 cm³/mol. The highest BCUT2D eigenvalue weighted by atomic mass is 35.5. The van der Waals surface area contributed by atoms with Crippen molar-refractivity contribution in [3.63, 3.8) is 0 Å². The fourth-order valence-electron chi connectivity index (χ4n) is 4.71. The molecule has 0 bridgehead atoms. The monoisotopic (exact) mass is 498 g/mol. The van der Waals surface area contributed by atoms with Gasteiger partial charge in [-0.05, 0) is 69.4 Å². The Morgan fingerprint density at radius 1 is 1.09 bits per heavy atom. The minimum absolute atomic E-state index is 0.188. The number of anilines is 1. The van der Waals surface area contributed by atoms with Gasteiger partial charge >= 0.3 is 0 Å². The number of hydrogen-bond acceptors (Lipinski definition) is 6. The van der Waals surface area contributed by atoms with E-state index in [9.17, 15) is 14.4 Å². The molecule has 0 aliphatic carbocycles. The lowest BCUT2D eigenvalue weighted by Crippen LogP contribution is -2.39. The fraction of sp³-hybridized carbons (Fsp3) is 0.423. The van der Waals surface area contributed by atoms with E-state index < -0.39 is 0 Å². The number of hydrogen-bond donors (Lipinski definition) is 2. The number of nitrogens with one attached hydrogen (secondary N) is 1. The molecule has 35 heavy (non-hydrogen) atoms. The van der Waals surface area contributed by atoms with Crippen LogP contribution in [0.15, 0.2) is 36.4 Å². The Balaban J connectivity index is 1.15. The highest BCUT2D eigenvalue weighted by molar-refractivity contribution is 6.33. The molecule has 8 nitrogen and oxygen atoms in total. The molecular formula is C26H31ClN4O4. The van der Waals surface area contributed by atoms with Gasteiger partial charge in [-0.3, -0.25) is 19.3 Å². The van der Waals surface area contributed by atoms with Gasteiger partial charge in [0, 0.05) is 19.2 Å². The summed E-state index contributed by atoms with van der Waals surface area (Å²) in [5.41, 5.74) is 7.55. The first-order valence-electron chi connectivity index (χ1n) is 12.0. The van der Waals surface area contributed by atoms with Gasteiger partial charge in [0.2, 0.25) is 0 Å². The first kappa shape index (κ1) is 25.0. The SMILES string of the molecule is COc1cc(N)c(Cl)cc1C(=O)NCC1CCN(CCCCN2C(=O)c3ccccc3C2=O)CC1. The lowest BCUT2D eigenvalue weighted by Gasteiger charge is -2.32. The van der Waals surface area contributed by atoms with Gasteiger partial charge in [-0.25, -0.2) is 0 Å². The third-order valence-corrected chi connectivity index (χ3v) is 7.13. The molecule has 0 aromatic heterocycles. The number of fused-ring (bicyclic) bond motifs is 1. The maximum Gasteiger partial charge on any atom is 0.261 e. The topological polar surface area (TPSA) is 105 Å². The molecule has 9 heteroatoms. The lowest BCUT2D eigenvalue weighted by atomic mass is 9.96. The summed E-state index contributed by atoms with van der Waals surface area (Å²) in [4.78, 5) is 41.3. The summed E-state index contributed by atoms with van der Waals surface area (Å²) >= 11 is 6.07. The van der Waals surface area contributed by atoms with Crippen LogP contribution in [0.2, 0.25) is 5.02 Å². The van der Waals surface area contributed by atoms with Crippen LogP contribution in [0, 0.1) is 5.92 Å². The van der Waals surface area contributed by atoms with Gasteiger partial charge in [-0.15, -0.1) is 0 Å². The van der Waals surface area contributed by atoms with Crippen LogP contribution in [0.4, 0.5) is 5.69 Å². The molecule has 4 rings (SSSR count). The van der Waals surface area contributed by atoms with E-state index in [0.717, 1.165) is 45.3 Å². The average molecular weight is 499 g/mol. The quantitative estimate of drug-likeness (QED) is 0.312. The average Bonchev–Trinajstić information content (AvgIpc) is 3.12. The molecule has 2 aromatic carbocycles. The van der Waals surface area contributed by atoms with E-state index in [1.807, 2.05) is 0 Å². The second-order valence-corrected chi connectivity index (χ2v) is 9.49. The highest BCUT2D eigenvalue weighted by Gasteiger charge is 2.34. The van der Waals surface area contributed by atoms with Crippen molar-refractivity contribution < 1.29 is 19.1 Å². The van der Waals surface area contributed by atoms with Crippen LogP contribution in [0.5, 0.6) is 5.75 Å². The fourth-order valence-corrected chi connectivity index (χ4v) is 4.87. The summed E-state index contributed by atoms with van der Waals surface area (Å²) in [6.45, 7) is 3.91. The molecule has 2 aromatic rings. The van der Waals surface area contributed by atoms with E-state index in [1.165, 1.54) is 18.1 Å². The van der Waals surface area contributed by atoms with Crippen LogP contribution in [-0.4, -0.2) is 67.4 Å². The van der Waals surface area contributed by atoms with Gasteiger partial charge in [0.15, 0.2) is 0 Å². The maximum atomic E-state index is 12.6. The van der Waals surface area contributed by atoms with Crippen molar-refractivity contribution in [2.45, 2.75) is 25.7 Å². The number of unbranched alkanes of at least 4 members (excludes halogenated alkanes) is 1. The Morgan fingerprint density at radius 2 is 1.71 bits per heavy atom. The number of rotatable bonds is 9. The zero-order chi connectivity index (χ0) is 24.9. The third-order valence-electron chi connectivity index (χ3n) is 6.81. The Kier molecular flexibility index (Phi) is 7.93. The number of carbonyl (C=O) groups is 3. The summed E-state index contributed by atoms with van der Waals surface area (Å²) in [5, 5.41) is 3.32. The minimum atomic E-state index is -0.223. The Bertz CT molecular complexity index is 1080. The van der Waals surface area contributed by atoms with Crippen molar-refractivity contribution in [2.75, 3.05) is 45.6 Å². The number of nitrogens with zero attached hydrogens (tertiary/aromatic N) is 2. The molecule has 3 amide bonds. The predicted octanol–water partition coefficient (Wildman–Crippen LogP) is 3.45.